The highest BCUT2D eigenvalue weighted by molar-refractivity contribution is 6.22. The summed E-state index contributed by atoms with van der Waals surface area (Å²) in [5.74, 6) is -1.32. The minimum Gasteiger partial charge on any atom is -0.326 e. The summed E-state index contributed by atoms with van der Waals surface area (Å²) in [5, 5.41) is 5.41. The fourth-order valence-electron chi connectivity index (χ4n) is 3.56. The molecule has 2 N–H and O–H groups in total. The van der Waals surface area contributed by atoms with Gasteiger partial charge in [-0.15, -0.1) is 0 Å². The first-order valence-corrected chi connectivity index (χ1v) is 10.2. The van der Waals surface area contributed by atoms with Gasteiger partial charge >= 0.3 is 0 Å². The summed E-state index contributed by atoms with van der Waals surface area (Å²) in [6, 6.07) is 20.8. The number of rotatable bonds is 6. The van der Waals surface area contributed by atoms with Crippen LogP contribution >= 0.6 is 0 Å². The maximum absolute atomic E-state index is 12.8. The average Bonchev–Trinajstić information content (AvgIpc) is 3.03. The summed E-state index contributed by atoms with van der Waals surface area (Å²) in [5.41, 5.74) is 3.01. The number of nitrogens with zero attached hydrogens (tertiary/aromatic N) is 1. The van der Waals surface area contributed by atoms with Crippen LogP contribution in [-0.4, -0.2) is 35.1 Å². The van der Waals surface area contributed by atoms with E-state index in [0.717, 1.165) is 5.56 Å². The van der Waals surface area contributed by atoms with Crippen LogP contribution in [0.4, 0.5) is 11.4 Å². The standard InChI is InChI=1S/C25H21N3O4/c1-16(29)26-19-8-10-20(11-9-19)27-23(30)18-7-12-21-22(15-18)25(32)28(24(21)31)14-13-17-5-3-2-4-6-17/h2-12,15H,13-14H2,1H3,(H,26,29)(H,27,30). The molecule has 0 radical (unpaired) electrons. The van der Waals surface area contributed by atoms with Gasteiger partial charge in [-0.1, -0.05) is 30.3 Å². The number of anilines is 2. The van der Waals surface area contributed by atoms with Gasteiger partial charge in [0, 0.05) is 30.4 Å². The van der Waals surface area contributed by atoms with Gasteiger partial charge in [-0.2, -0.15) is 0 Å². The number of imide groups is 1. The highest BCUT2D eigenvalue weighted by Crippen LogP contribution is 2.25. The Bertz CT molecular complexity index is 1200. The zero-order valence-corrected chi connectivity index (χ0v) is 17.4. The largest absolute Gasteiger partial charge is 0.326 e. The zero-order valence-electron chi connectivity index (χ0n) is 17.4. The molecule has 0 saturated carbocycles. The summed E-state index contributed by atoms with van der Waals surface area (Å²) in [6.07, 6.45) is 0.564. The molecular formula is C25H21N3O4. The fourth-order valence-corrected chi connectivity index (χ4v) is 3.56. The summed E-state index contributed by atoms with van der Waals surface area (Å²) >= 11 is 0. The van der Waals surface area contributed by atoms with E-state index in [1.54, 1.807) is 24.3 Å². The smallest absolute Gasteiger partial charge is 0.261 e. The van der Waals surface area contributed by atoms with E-state index in [2.05, 4.69) is 10.6 Å². The maximum atomic E-state index is 12.8. The summed E-state index contributed by atoms with van der Waals surface area (Å²) < 4.78 is 0. The molecule has 0 saturated heterocycles. The molecule has 1 heterocycles. The second kappa shape index (κ2) is 8.85. The number of amides is 4. The minimum absolute atomic E-state index is 0.183. The van der Waals surface area contributed by atoms with Crippen LogP contribution in [0.1, 0.15) is 43.6 Å². The lowest BCUT2D eigenvalue weighted by atomic mass is 10.1. The molecule has 7 heteroatoms. The van der Waals surface area contributed by atoms with Crippen LogP contribution < -0.4 is 10.6 Å². The Balaban J connectivity index is 1.45. The van der Waals surface area contributed by atoms with Crippen molar-refractivity contribution in [3.8, 4) is 0 Å². The van der Waals surface area contributed by atoms with Crippen LogP contribution in [0.2, 0.25) is 0 Å². The number of hydrogen-bond acceptors (Lipinski definition) is 4. The van der Waals surface area contributed by atoms with Gasteiger partial charge in [0.2, 0.25) is 5.91 Å². The van der Waals surface area contributed by atoms with E-state index >= 15 is 0 Å². The Kier molecular flexibility index (Phi) is 5.81. The Labute approximate surface area is 185 Å². The normalized spacial score (nSPS) is 12.5. The molecule has 3 aromatic carbocycles. The first kappa shape index (κ1) is 21.0. The lowest BCUT2D eigenvalue weighted by Gasteiger charge is -2.13. The third-order valence-corrected chi connectivity index (χ3v) is 5.16. The van der Waals surface area contributed by atoms with E-state index in [1.165, 1.54) is 30.0 Å². The highest BCUT2D eigenvalue weighted by Gasteiger charge is 2.35. The van der Waals surface area contributed by atoms with Crippen molar-refractivity contribution in [2.45, 2.75) is 13.3 Å². The number of benzene rings is 3. The van der Waals surface area contributed by atoms with Crippen molar-refractivity contribution < 1.29 is 19.2 Å². The first-order chi connectivity index (χ1) is 15.4. The fraction of sp³-hybridized carbons (Fsp3) is 0.120. The molecule has 3 aromatic rings. The molecule has 0 aromatic heterocycles. The van der Waals surface area contributed by atoms with Crippen LogP contribution in [0.5, 0.6) is 0 Å². The quantitative estimate of drug-likeness (QED) is 0.586. The molecule has 0 atom stereocenters. The van der Waals surface area contributed by atoms with Crippen LogP contribution in [0.25, 0.3) is 0 Å². The third-order valence-electron chi connectivity index (χ3n) is 5.16. The number of nitrogens with one attached hydrogen (secondary N) is 2. The summed E-state index contributed by atoms with van der Waals surface area (Å²) in [4.78, 5) is 50.5. The summed E-state index contributed by atoms with van der Waals surface area (Å²) in [7, 11) is 0. The van der Waals surface area contributed by atoms with Crippen molar-refractivity contribution in [2.75, 3.05) is 17.2 Å². The van der Waals surface area contributed by atoms with Crippen molar-refractivity contribution in [2.24, 2.45) is 0 Å². The summed E-state index contributed by atoms with van der Waals surface area (Å²) in [6.45, 7) is 1.69. The number of fused-ring (bicyclic) bond motifs is 1. The van der Waals surface area contributed by atoms with E-state index in [1.807, 2.05) is 30.3 Å². The van der Waals surface area contributed by atoms with Gasteiger partial charge < -0.3 is 10.6 Å². The molecule has 0 fully saturated rings. The van der Waals surface area contributed by atoms with Gasteiger partial charge in [-0.3, -0.25) is 24.1 Å². The van der Waals surface area contributed by atoms with E-state index in [9.17, 15) is 19.2 Å². The first-order valence-electron chi connectivity index (χ1n) is 10.2. The van der Waals surface area contributed by atoms with Crippen molar-refractivity contribution in [3.63, 3.8) is 0 Å². The van der Waals surface area contributed by atoms with Gasteiger partial charge in [-0.05, 0) is 54.4 Å². The Hall–Kier alpha value is -4.26. The van der Waals surface area contributed by atoms with E-state index in [0.29, 0.717) is 23.4 Å². The van der Waals surface area contributed by atoms with E-state index in [4.69, 9.17) is 0 Å². The molecule has 7 nitrogen and oxygen atoms in total. The van der Waals surface area contributed by atoms with Gasteiger partial charge in [0.05, 0.1) is 11.1 Å². The molecule has 160 valence electrons. The number of carbonyl (C=O) groups is 4. The lowest BCUT2D eigenvalue weighted by Crippen LogP contribution is -2.31. The Morgan fingerprint density at radius 2 is 1.41 bits per heavy atom. The molecular weight excluding hydrogens is 406 g/mol. The van der Waals surface area contributed by atoms with Crippen LogP contribution in [0.3, 0.4) is 0 Å². The second-order valence-electron chi connectivity index (χ2n) is 7.47. The second-order valence-corrected chi connectivity index (χ2v) is 7.47. The zero-order chi connectivity index (χ0) is 22.7. The van der Waals surface area contributed by atoms with Crippen molar-refractivity contribution in [1.82, 2.24) is 4.90 Å². The van der Waals surface area contributed by atoms with E-state index in [-0.39, 0.29) is 29.5 Å². The number of hydrogen-bond donors (Lipinski definition) is 2. The predicted molar refractivity (Wildman–Crippen MR) is 121 cm³/mol. The van der Waals surface area contributed by atoms with Crippen molar-refractivity contribution in [1.29, 1.82) is 0 Å². The highest BCUT2D eigenvalue weighted by atomic mass is 16.2. The monoisotopic (exact) mass is 427 g/mol. The van der Waals surface area contributed by atoms with Gasteiger partial charge in [0.15, 0.2) is 0 Å². The molecule has 0 unspecified atom stereocenters. The maximum Gasteiger partial charge on any atom is 0.261 e. The van der Waals surface area contributed by atoms with E-state index < -0.39 is 11.8 Å². The molecule has 0 aliphatic carbocycles. The lowest BCUT2D eigenvalue weighted by molar-refractivity contribution is -0.114. The SMILES string of the molecule is CC(=O)Nc1ccc(NC(=O)c2ccc3c(c2)C(=O)N(CCc2ccccc2)C3=O)cc1. The van der Waals surface area contributed by atoms with Crippen molar-refractivity contribution >= 4 is 35.0 Å². The number of carbonyl (C=O) groups excluding carboxylic acids is 4. The van der Waals surface area contributed by atoms with Crippen LogP contribution in [0.15, 0.2) is 72.8 Å². The minimum atomic E-state index is -0.400. The molecule has 32 heavy (non-hydrogen) atoms. The molecule has 0 bridgehead atoms. The molecule has 4 amide bonds. The third kappa shape index (κ3) is 4.41. The van der Waals surface area contributed by atoms with Crippen LogP contribution in [-0.2, 0) is 11.2 Å². The molecule has 1 aliphatic heterocycles. The van der Waals surface area contributed by atoms with Gasteiger partial charge in [-0.25, -0.2) is 0 Å². The molecule has 0 spiro atoms. The Morgan fingerprint density at radius 1 is 0.781 bits per heavy atom. The molecule has 4 rings (SSSR count). The van der Waals surface area contributed by atoms with Crippen LogP contribution in [0, 0.1) is 0 Å². The topological polar surface area (TPSA) is 95.6 Å². The Morgan fingerprint density at radius 3 is 2.06 bits per heavy atom. The van der Waals surface area contributed by atoms with Gasteiger partial charge in [0.25, 0.3) is 17.7 Å². The van der Waals surface area contributed by atoms with Crippen molar-refractivity contribution in [3.05, 3.63) is 95.1 Å². The molecule has 1 aliphatic rings. The average molecular weight is 427 g/mol. The predicted octanol–water partition coefficient (Wildman–Crippen LogP) is 3.74. The van der Waals surface area contributed by atoms with Gasteiger partial charge in [0.1, 0.15) is 0 Å².